The number of aromatic nitrogens is 6. The molecule has 6 nitrogen and oxygen atoms in total. The fraction of sp³-hybridized carbons (Fsp3) is 0.414. The van der Waals surface area contributed by atoms with E-state index >= 15 is 0 Å². The van der Waals surface area contributed by atoms with Gasteiger partial charge in [0.25, 0.3) is 0 Å². The summed E-state index contributed by atoms with van der Waals surface area (Å²) >= 11 is 1.96. The maximum absolute atomic E-state index is 14.6. The molecule has 4 heterocycles. The van der Waals surface area contributed by atoms with Crippen LogP contribution in [0.1, 0.15) is 60.9 Å². The lowest BCUT2D eigenvalue weighted by atomic mass is 9.66. The maximum Gasteiger partial charge on any atom is 0.155 e. The molecule has 1 saturated heterocycles. The minimum absolute atomic E-state index is 0.129. The molecular formula is C29H28F2N6S. The van der Waals surface area contributed by atoms with Crippen molar-refractivity contribution < 1.29 is 8.78 Å². The summed E-state index contributed by atoms with van der Waals surface area (Å²) in [5.41, 5.74) is 3.34. The van der Waals surface area contributed by atoms with Gasteiger partial charge in [-0.25, -0.2) is 23.4 Å². The van der Waals surface area contributed by atoms with E-state index in [9.17, 15) is 8.78 Å². The minimum atomic E-state index is -0.635. The molecule has 3 aromatic heterocycles. The summed E-state index contributed by atoms with van der Waals surface area (Å²) in [6.45, 7) is 6.58. The second kappa shape index (κ2) is 8.40. The van der Waals surface area contributed by atoms with Crippen LogP contribution in [0.25, 0.3) is 17.1 Å². The molecule has 0 amide bonds. The third-order valence-corrected chi connectivity index (χ3v) is 10.4. The third-order valence-electron chi connectivity index (χ3n) is 8.95. The molecule has 2 aliphatic carbocycles. The van der Waals surface area contributed by atoms with Gasteiger partial charge in [0, 0.05) is 6.42 Å². The molecule has 4 aromatic rings. The highest BCUT2D eigenvalue weighted by molar-refractivity contribution is 8.00. The van der Waals surface area contributed by atoms with Gasteiger partial charge in [-0.1, -0.05) is 19.9 Å². The lowest BCUT2D eigenvalue weighted by Gasteiger charge is -2.37. The number of hydrogen-bond acceptors (Lipinski definition) is 6. The molecule has 1 aliphatic heterocycles. The van der Waals surface area contributed by atoms with Gasteiger partial charge < -0.3 is 0 Å². The Kier molecular flexibility index (Phi) is 5.28. The number of rotatable bonds is 5. The van der Waals surface area contributed by atoms with Crippen molar-refractivity contribution in [1.29, 1.82) is 0 Å². The highest BCUT2D eigenvalue weighted by atomic mass is 32.2. The normalized spacial score (nSPS) is 23.4. The minimum Gasteiger partial charge on any atom is -0.233 e. The van der Waals surface area contributed by atoms with Crippen molar-refractivity contribution in [2.24, 2.45) is 11.3 Å². The van der Waals surface area contributed by atoms with E-state index in [1.807, 2.05) is 23.9 Å². The Bertz CT molecular complexity index is 1560. The number of thioether (sulfide) groups is 1. The van der Waals surface area contributed by atoms with Crippen molar-refractivity contribution in [3.8, 4) is 17.1 Å². The van der Waals surface area contributed by atoms with E-state index in [1.54, 1.807) is 11.0 Å². The number of benzene rings is 1. The first-order valence-corrected chi connectivity index (χ1v) is 14.2. The zero-order valence-corrected chi connectivity index (χ0v) is 22.4. The van der Waals surface area contributed by atoms with Crippen LogP contribution in [0.4, 0.5) is 8.78 Å². The van der Waals surface area contributed by atoms with Gasteiger partial charge in [-0.2, -0.15) is 16.9 Å². The summed E-state index contributed by atoms with van der Waals surface area (Å²) < 4.78 is 30.9. The van der Waals surface area contributed by atoms with E-state index in [0.29, 0.717) is 5.92 Å². The van der Waals surface area contributed by atoms with Crippen molar-refractivity contribution in [3.05, 3.63) is 82.7 Å². The van der Waals surface area contributed by atoms with Crippen molar-refractivity contribution in [2.45, 2.75) is 51.4 Å². The van der Waals surface area contributed by atoms with Crippen LogP contribution in [0, 0.1) is 29.9 Å². The Morgan fingerprint density at radius 2 is 1.87 bits per heavy atom. The highest BCUT2D eigenvalue weighted by Gasteiger charge is 2.65. The molecule has 1 aromatic carbocycles. The summed E-state index contributed by atoms with van der Waals surface area (Å²) in [4.78, 5) is 9.71. The van der Waals surface area contributed by atoms with Crippen molar-refractivity contribution in [1.82, 2.24) is 29.9 Å². The average Bonchev–Trinajstić information content (AvgIpc) is 3.49. The van der Waals surface area contributed by atoms with Crippen LogP contribution >= 0.6 is 11.8 Å². The molecule has 0 spiro atoms. The first-order chi connectivity index (χ1) is 18.3. The van der Waals surface area contributed by atoms with Crippen molar-refractivity contribution >= 4 is 11.8 Å². The number of aryl methyl sites for hydroxylation is 1. The van der Waals surface area contributed by atoms with Crippen LogP contribution in [0.15, 0.2) is 42.7 Å². The molecule has 0 unspecified atom stereocenters. The molecule has 1 saturated carbocycles. The Morgan fingerprint density at radius 3 is 2.61 bits per heavy atom. The van der Waals surface area contributed by atoms with Gasteiger partial charge in [-0.05, 0) is 90.0 Å². The highest BCUT2D eigenvalue weighted by Crippen LogP contribution is 2.69. The van der Waals surface area contributed by atoms with Gasteiger partial charge in [0.05, 0.1) is 28.1 Å². The number of hydrogen-bond donors (Lipinski definition) is 0. The van der Waals surface area contributed by atoms with E-state index < -0.39 is 17.0 Å². The molecule has 2 fully saturated rings. The average molecular weight is 531 g/mol. The monoisotopic (exact) mass is 530 g/mol. The molecular weight excluding hydrogens is 502 g/mol. The standard InChI is InChI=1S/C29H28F2N6S/c1-16-9-23(33-25(10-16)37-15-32-24(36-37)11-17-13-38-14-17)29-8-7-19(28(29,2)3)18-12-22(34-35-27(18)29)26-20(30)5-4-6-21(26)31/h4-6,9-10,12,15,17,19H,7-8,11,13-14H2,1-3H3/t19-,29-/m0/s1. The van der Waals surface area contributed by atoms with E-state index in [1.165, 1.54) is 29.7 Å². The van der Waals surface area contributed by atoms with Gasteiger partial charge in [0.15, 0.2) is 11.6 Å². The van der Waals surface area contributed by atoms with E-state index in [2.05, 4.69) is 42.0 Å². The summed E-state index contributed by atoms with van der Waals surface area (Å²) in [5, 5.41) is 13.8. The van der Waals surface area contributed by atoms with E-state index in [4.69, 9.17) is 10.1 Å². The number of pyridine rings is 1. The van der Waals surface area contributed by atoms with Gasteiger partial charge in [0.1, 0.15) is 18.0 Å². The van der Waals surface area contributed by atoms with Crippen LogP contribution < -0.4 is 0 Å². The largest absolute Gasteiger partial charge is 0.233 e. The molecule has 2 atom stereocenters. The third kappa shape index (κ3) is 3.33. The first-order valence-electron chi connectivity index (χ1n) is 13.1. The Labute approximate surface area is 224 Å². The zero-order valence-electron chi connectivity index (χ0n) is 21.6. The van der Waals surface area contributed by atoms with Crippen molar-refractivity contribution in [2.75, 3.05) is 11.5 Å². The summed E-state index contributed by atoms with van der Waals surface area (Å²) in [5.74, 6) is 3.51. The Balaban J connectivity index is 1.33. The zero-order chi connectivity index (χ0) is 26.2. The number of fused-ring (bicyclic) bond motifs is 5. The number of halogens is 2. The Hall–Kier alpha value is -3.20. The molecule has 7 rings (SSSR count). The predicted molar refractivity (Wildman–Crippen MR) is 142 cm³/mol. The van der Waals surface area contributed by atoms with Crippen LogP contribution in [0.2, 0.25) is 0 Å². The van der Waals surface area contributed by atoms with Crippen LogP contribution in [-0.4, -0.2) is 41.5 Å². The summed E-state index contributed by atoms with van der Waals surface area (Å²) in [6, 6.07) is 9.88. The van der Waals surface area contributed by atoms with Crippen LogP contribution in [0.5, 0.6) is 0 Å². The summed E-state index contributed by atoms with van der Waals surface area (Å²) in [6.07, 6.45) is 4.48. The quantitative estimate of drug-likeness (QED) is 0.324. The lowest BCUT2D eigenvalue weighted by Crippen LogP contribution is -2.38. The first kappa shape index (κ1) is 23.9. The second-order valence-electron chi connectivity index (χ2n) is 11.4. The predicted octanol–water partition coefficient (Wildman–Crippen LogP) is 5.81. The van der Waals surface area contributed by atoms with Gasteiger partial charge in [0.2, 0.25) is 0 Å². The van der Waals surface area contributed by atoms with Gasteiger partial charge in [-0.3, -0.25) is 0 Å². The molecule has 38 heavy (non-hydrogen) atoms. The topological polar surface area (TPSA) is 69.4 Å². The SMILES string of the molecule is Cc1cc(-n2cnc(CC3CSC3)n2)nc([C@@]23CC[C@@H](c4cc(-c5c(F)cccc5F)nnc42)C3(C)C)c1. The smallest absolute Gasteiger partial charge is 0.155 e. The van der Waals surface area contributed by atoms with E-state index in [-0.39, 0.29) is 22.6 Å². The lowest BCUT2D eigenvalue weighted by molar-refractivity contribution is 0.242. The van der Waals surface area contributed by atoms with E-state index in [0.717, 1.165) is 53.4 Å². The summed E-state index contributed by atoms with van der Waals surface area (Å²) in [7, 11) is 0. The van der Waals surface area contributed by atoms with Crippen LogP contribution in [0.3, 0.4) is 0 Å². The van der Waals surface area contributed by atoms with Crippen molar-refractivity contribution in [3.63, 3.8) is 0 Å². The molecule has 9 heteroatoms. The molecule has 194 valence electrons. The Morgan fingerprint density at radius 1 is 1.08 bits per heavy atom. The second-order valence-corrected chi connectivity index (χ2v) is 12.5. The maximum atomic E-state index is 14.6. The molecule has 0 N–H and O–H groups in total. The number of nitrogens with zero attached hydrogens (tertiary/aromatic N) is 6. The molecule has 0 radical (unpaired) electrons. The fourth-order valence-corrected chi connectivity index (χ4v) is 7.71. The fourth-order valence-electron chi connectivity index (χ4n) is 6.90. The van der Waals surface area contributed by atoms with Gasteiger partial charge in [-0.15, -0.1) is 10.2 Å². The van der Waals surface area contributed by atoms with Crippen LogP contribution in [-0.2, 0) is 11.8 Å². The van der Waals surface area contributed by atoms with Gasteiger partial charge >= 0.3 is 0 Å². The molecule has 2 bridgehead atoms. The molecule has 3 aliphatic rings.